The Balaban J connectivity index is 1.62. The minimum absolute atomic E-state index is 0.244. The number of rotatable bonds is 6. The van der Waals surface area contributed by atoms with Crippen molar-refractivity contribution in [2.75, 3.05) is 11.9 Å². The lowest BCUT2D eigenvalue weighted by Crippen LogP contribution is -2.12. The van der Waals surface area contributed by atoms with Crippen LogP contribution in [-0.4, -0.2) is 18.5 Å². The average Bonchev–Trinajstić information content (AvgIpc) is 2.69. The summed E-state index contributed by atoms with van der Waals surface area (Å²) in [4.78, 5) is 24.1. The second kappa shape index (κ2) is 8.86. The molecular formula is C23H21NO4. The largest absolute Gasteiger partial charge is 0.462 e. The third-order valence-corrected chi connectivity index (χ3v) is 4.00. The molecule has 0 saturated heterocycles. The highest BCUT2D eigenvalue weighted by Crippen LogP contribution is 2.23. The molecule has 5 heteroatoms. The molecule has 0 aliphatic carbocycles. The standard InChI is InChI=1S/C23H21NO4/c1-3-27-23(26)18-7-11-19(12-8-18)24-22(25)17-9-13-20(14-10-17)28-21-6-4-5-16(2)15-21/h4-15H,3H2,1-2H3,(H,24,25). The first-order valence-corrected chi connectivity index (χ1v) is 8.98. The molecule has 0 fully saturated rings. The fourth-order valence-electron chi connectivity index (χ4n) is 2.60. The number of carbonyl (C=O) groups is 2. The van der Waals surface area contributed by atoms with Crippen LogP contribution in [0.25, 0.3) is 0 Å². The number of amides is 1. The lowest BCUT2D eigenvalue weighted by atomic mass is 10.1. The van der Waals surface area contributed by atoms with Gasteiger partial charge in [-0.1, -0.05) is 12.1 Å². The molecule has 0 bridgehead atoms. The molecule has 5 nitrogen and oxygen atoms in total. The van der Waals surface area contributed by atoms with Crippen LogP contribution in [0.2, 0.25) is 0 Å². The molecule has 3 rings (SSSR count). The van der Waals surface area contributed by atoms with Crippen molar-refractivity contribution in [3.63, 3.8) is 0 Å². The normalized spacial score (nSPS) is 10.2. The molecule has 0 atom stereocenters. The maximum Gasteiger partial charge on any atom is 0.338 e. The molecule has 0 saturated carbocycles. The summed E-state index contributed by atoms with van der Waals surface area (Å²) in [5.41, 5.74) is 2.66. The number of nitrogens with one attached hydrogen (secondary N) is 1. The smallest absolute Gasteiger partial charge is 0.338 e. The highest BCUT2D eigenvalue weighted by Gasteiger charge is 2.09. The van der Waals surface area contributed by atoms with Crippen molar-refractivity contribution in [2.45, 2.75) is 13.8 Å². The maximum atomic E-state index is 12.4. The van der Waals surface area contributed by atoms with Gasteiger partial charge in [0.05, 0.1) is 12.2 Å². The number of esters is 1. The molecule has 0 radical (unpaired) electrons. The molecule has 3 aromatic rings. The zero-order chi connectivity index (χ0) is 19.9. The molecule has 0 spiro atoms. The van der Waals surface area contributed by atoms with Crippen molar-refractivity contribution in [1.82, 2.24) is 0 Å². The molecule has 28 heavy (non-hydrogen) atoms. The van der Waals surface area contributed by atoms with E-state index in [1.807, 2.05) is 31.2 Å². The summed E-state index contributed by atoms with van der Waals surface area (Å²) in [7, 11) is 0. The first-order chi connectivity index (χ1) is 13.5. The Kier molecular flexibility index (Phi) is 6.07. The SMILES string of the molecule is CCOC(=O)c1ccc(NC(=O)c2ccc(Oc3cccc(C)c3)cc2)cc1. The van der Waals surface area contributed by atoms with Crippen molar-refractivity contribution in [3.8, 4) is 11.5 Å². The van der Waals surface area contributed by atoms with Gasteiger partial charge in [-0.15, -0.1) is 0 Å². The van der Waals surface area contributed by atoms with E-state index in [2.05, 4.69) is 5.32 Å². The number of aryl methyl sites for hydroxylation is 1. The molecule has 0 aliphatic heterocycles. The van der Waals surface area contributed by atoms with Crippen molar-refractivity contribution >= 4 is 17.6 Å². The Hall–Kier alpha value is -3.60. The number of anilines is 1. The predicted molar refractivity (Wildman–Crippen MR) is 108 cm³/mol. The van der Waals surface area contributed by atoms with Crippen molar-refractivity contribution in [1.29, 1.82) is 0 Å². The van der Waals surface area contributed by atoms with E-state index in [1.165, 1.54) is 0 Å². The number of benzene rings is 3. The molecule has 142 valence electrons. The zero-order valence-corrected chi connectivity index (χ0v) is 15.8. The van der Waals surface area contributed by atoms with Gasteiger partial charge in [0.15, 0.2) is 0 Å². The Bertz CT molecular complexity index is 963. The highest BCUT2D eigenvalue weighted by atomic mass is 16.5. The molecule has 3 aromatic carbocycles. The molecule has 0 heterocycles. The fraction of sp³-hybridized carbons (Fsp3) is 0.130. The van der Waals surface area contributed by atoms with Crippen LogP contribution in [0.4, 0.5) is 5.69 Å². The van der Waals surface area contributed by atoms with Crippen LogP contribution in [0.15, 0.2) is 72.8 Å². The van der Waals surface area contributed by atoms with Crippen LogP contribution in [0.5, 0.6) is 11.5 Å². The molecule has 0 aromatic heterocycles. The Labute approximate surface area is 163 Å². The van der Waals surface area contributed by atoms with Gasteiger partial charge in [-0.25, -0.2) is 4.79 Å². The van der Waals surface area contributed by atoms with Crippen LogP contribution < -0.4 is 10.1 Å². The van der Waals surface area contributed by atoms with E-state index >= 15 is 0 Å². The average molecular weight is 375 g/mol. The van der Waals surface area contributed by atoms with Gasteiger partial charge in [0.2, 0.25) is 0 Å². The summed E-state index contributed by atoms with van der Waals surface area (Å²) in [6, 6.07) is 21.2. The topological polar surface area (TPSA) is 64.6 Å². The summed E-state index contributed by atoms with van der Waals surface area (Å²) >= 11 is 0. The Morgan fingerprint density at radius 1 is 0.857 bits per heavy atom. The van der Waals surface area contributed by atoms with E-state index < -0.39 is 0 Å². The van der Waals surface area contributed by atoms with Gasteiger partial charge in [-0.2, -0.15) is 0 Å². The summed E-state index contributed by atoms with van der Waals surface area (Å²) in [5, 5.41) is 2.80. The summed E-state index contributed by atoms with van der Waals surface area (Å²) in [6.07, 6.45) is 0. The van der Waals surface area contributed by atoms with Crippen molar-refractivity contribution < 1.29 is 19.1 Å². The molecule has 1 amide bonds. The minimum Gasteiger partial charge on any atom is -0.462 e. The van der Waals surface area contributed by atoms with Crippen LogP contribution in [0.1, 0.15) is 33.2 Å². The van der Waals surface area contributed by atoms with Crippen LogP contribution >= 0.6 is 0 Å². The van der Waals surface area contributed by atoms with E-state index in [0.29, 0.717) is 29.2 Å². The maximum absolute atomic E-state index is 12.4. The van der Waals surface area contributed by atoms with E-state index in [0.717, 1.165) is 11.3 Å². The third-order valence-electron chi connectivity index (χ3n) is 4.00. The number of hydrogen-bond acceptors (Lipinski definition) is 4. The number of carbonyl (C=O) groups excluding carboxylic acids is 2. The predicted octanol–water partition coefficient (Wildman–Crippen LogP) is 5.22. The first kappa shape index (κ1) is 19.2. The van der Waals surface area contributed by atoms with Crippen LogP contribution in [0.3, 0.4) is 0 Å². The Morgan fingerprint density at radius 2 is 1.54 bits per heavy atom. The van der Waals surface area contributed by atoms with E-state index in [1.54, 1.807) is 55.5 Å². The minimum atomic E-state index is -0.385. The lowest BCUT2D eigenvalue weighted by molar-refractivity contribution is 0.0526. The van der Waals surface area contributed by atoms with Gasteiger partial charge in [-0.05, 0) is 80.1 Å². The second-order valence-corrected chi connectivity index (χ2v) is 6.19. The van der Waals surface area contributed by atoms with Crippen LogP contribution in [-0.2, 0) is 4.74 Å². The molecular weight excluding hydrogens is 354 g/mol. The fourth-order valence-corrected chi connectivity index (χ4v) is 2.60. The molecule has 0 aliphatic rings. The van der Waals surface area contributed by atoms with Gasteiger partial charge >= 0.3 is 5.97 Å². The van der Waals surface area contributed by atoms with Crippen molar-refractivity contribution in [3.05, 3.63) is 89.5 Å². The van der Waals surface area contributed by atoms with E-state index in [-0.39, 0.29) is 11.9 Å². The van der Waals surface area contributed by atoms with E-state index in [9.17, 15) is 9.59 Å². The highest BCUT2D eigenvalue weighted by molar-refractivity contribution is 6.04. The van der Waals surface area contributed by atoms with Gasteiger partial charge in [0.25, 0.3) is 5.91 Å². The molecule has 0 unspecified atom stereocenters. The van der Waals surface area contributed by atoms with Crippen molar-refractivity contribution in [2.24, 2.45) is 0 Å². The third kappa shape index (κ3) is 4.98. The number of hydrogen-bond donors (Lipinski definition) is 1. The second-order valence-electron chi connectivity index (χ2n) is 6.19. The van der Waals surface area contributed by atoms with Gasteiger partial charge in [-0.3, -0.25) is 4.79 Å². The summed E-state index contributed by atoms with van der Waals surface area (Å²) < 4.78 is 10.7. The number of ether oxygens (including phenoxy) is 2. The Morgan fingerprint density at radius 3 is 2.18 bits per heavy atom. The van der Waals surface area contributed by atoms with Gasteiger partial charge in [0.1, 0.15) is 11.5 Å². The van der Waals surface area contributed by atoms with Gasteiger partial charge in [0, 0.05) is 11.3 Å². The lowest BCUT2D eigenvalue weighted by Gasteiger charge is -2.09. The molecule has 1 N–H and O–H groups in total. The monoisotopic (exact) mass is 375 g/mol. The zero-order valence-electron chi connectivity index (χ0n) is 15.8. The summed E-state index contributed by atoms with van der Waals surface area (Å²) in [6.45, 7) is 4.07. The quantitative estimate of drug-likeness (QED) is 0.600. The van der Waals surface area contributed by atoms with E-state index in [4.69, 9.17) is 9.47 Å². The van der Waals surface area contributed by atoms with Gasteiger partial charge < -0.3 is 14.8 Å². The first-order valence-electron chi connectivity index (χ1n) is 8.98. The summed E-state index contributed by atoms with van der Waals surface area (Å²) in [5.74, 6) is 0.774. The van der Waals surface area contributed by atoms with Crippen LogP contribution in [0, 0.1) is 6.92 Å².